The predicted octanol–water partition coefficient (Wildman–Crippen LogP) is 1.71. The lowest BCUT2D eigenvalue weighted by atomic mass is 10.2. The highest BCUT2D eigenvalue weighted by Gasteiger charge is 2.32. The summed E-state index contributed by atoms with van der Waals surface area (Å²) in [6.07, 6.45) is -0.747. The summed E-state index contributed by atoms with van der Waals surface area (Å²) in [6, 6.07) is 0. The van der Waals surface area contributed by atoms with Gasteiger partial charge in [-0.3, -0.25) is 0 Å². The molecular formula is C10H20F2N2O2. The number of halogens is 2. The van der Waals surface area contributed by atoms with Gasteiger partial charge in [-0.15, -0.1) is 0 Å². The molecule has 16 heavy (non-hydrogen) atoms. The first kappa shape index (κ1) is 15.1. The third kappa shape index (κ3) is 6.55. The van der Waals surface area contributed by atoms with Crippen molar-refractivity contribution in [3.05, 3.63) is 0 Å². The summed E-state index contributed by atoms with van der Waals surface area (Å²) < 4.78 is 31.3. The van der Waals surface area contributed by atoms with E-state index in [1.165, 1.54) is 14.1 Å². The fourth-order valence-corrected chi connectivity index (χ4v) is 1.07. The standard InChI is InChI=1S/C10H20F2N2O2/c1-9(2,3)16-8(15)14(5)7-10(11,12)6-13-4/h13H,6-7H2,1-5H3. The first-order valence-corrected chi connectivity index (χ1v) is 5.04. The molecule has 0 aromatic rings. The SMILES string of the molecule is CNCC(F)(F)CN(C)C(=O)OC(C)(C)C. The largest absolute Gasteiger partial charge is 0.444 e. The Hall–Kier alpha value is -0.910. The third-order valence-corrected chi connectivity index (χ3v) is 1.61. The highest BCUT2D eigenvalue weighted by atomic mass is 19.3. The molecule has 0 radical (unpaired) electrons. The van der Waals surface area contributed by atoms with Crippen molar-refractivity contribution in [2.24, 2.45) is 0 Å². The maximum atomic E-state index is 13.2. The van der Waals surface area contributed by atoms with E-state index in [9.17, 15) is 13.6 Å². The zero-order valence-electron chi connectivity index (χ0n) is 10.4. The number of hydrogen-bond donors (Lipinski definition) is 1. The van der Waals surface area contributed by atoms with Crippen molar-refractivity contribution >= 4 is 6.09 Å². The van der Waals surface area contributed by atoms with Crippen LogP contribution in [0, 0.1) is 0 Å². The number of amides is 1. The highest BCUT2D eigenvalue weighted by molar-refractivity contribution is 5.67. The Labute approximate surface area is 94.9 Å². The minimum atomic E-state index is -2.96. The summed E-state index contributed by atoms with van der Waals surface area (Å²) >= 11 is 0. The molecule has 6 heteroatoms. The first-order chi connectivity index (χ1) is 7.07. The van der Waals surface area contributed by atoms with E-state index in [0.717, 1.165) is 4.90 Å². The van der Waals surface area contributed by atoms with Crippen LogP contribution in [0.5, 0.6) is 0 Å². The van der Waals surface area contributed by atoms with Gasteiger partial charge in [-0.2, -0.15) is 0 Å². The molecule has 0 aliphatic heterocycles. The van der Waals surface area contributed by atoms with Crippen LogP contribution in [-0.2, 0) is 4.74 Å². The zero-order chi connectivity index (χ0) is 13.0. The summed E-state index contributed by atoms with van der Waals surface area (Å²) in [6.45, 7) is 3.92. The van der Waals surface area contributed by atoms with Crippen molar-refractivity contribution in [1.29, 1.82) is 0 Å². The van der Waals surface area contributed by atoms with E-state index in [0.29, 0.717) is 0 Å². The molecule has 0 aromatic heterocycles. The fourth-order valence-electron chi connectivity index (χ4n) is 1.07. The molecule has 0 fully saturated rings. The quantitative estimate of drug-likeness (QED) is 0.810. The van der Waals surface area contributed by atoms with Gasteiger partial charge in [0.2, 0.25) is 0 Å². The van der Waals surface area contributed by atoms with E-state index in [-0.39, 0.29) is 0 Å². The molecule has 96 valence electrons. The lowest BCUT2D eigenvalue weighted by Gasteiger charge is -2.27. The van der Waals surface area contributed by atoms with Crippen molar-refractivity contribution in [3.63, 3.8) is 0 Å². The number of nitrogens with one attached hydrogen (secondary N) is 1. The van der Waals surface area contributed by atoms with Crippen LogP contribution in [0.3, 0.4) is 0 Å². The van der Waals surface area contributed by atoms with E-state index < -0.39 is 30.7 Å². The molecule has 0 unspecified atom stereocenters. The highest BCUT2D eigenvalue weighted by Crippen LogP contribution is 2.15. The molecule has 0 atom stereocenters. The Bertz CT molecular complexity index is 239. The number of hydrogen-bond acceptors (Lipinski definition) is 3. The van der Waals surface area contributed by atoms with E-state index in [2.05, 4.69) is 5.32 Å². The molecule has 1 N–H and O–H groups in total. The van der Waals surface area contributed by atoms with Crippen LogP contribution in [0.1, 0.15) is 20.8 Å². The minimum absolute atomic E-state index is 0.472. The van der Waals surface area contributed by atoms with Crippen LogP contribution in [0.25, 0.3) is 0 Å². The Balaban J connectivity index is 4.25. The van der Waals surface area contributed by atoms with Crippen molar-refractivity contribution < 1.29 is 18.3 Å². The Morgan fingerprint density at radius 1 is 1.38 bits per heavy atom. The smallest absolute Gasteiger partial charge is 0.410 e. The number of alkyl halides is 2. The van der Waals surface area contributed by atoms with Crippen LogP contribution in [0.4, 0.5) is 13.6 Å². The van der Waals surface area contributed by atoms with Gasteiger partial charge in [0.15, 0.2) is 0 Å². The number of carbonyl (C=O) groups excluding carboxylic acids is 1. The summed E-state index contributed by atoms with van der Waals surface area (Å²) in [5.74, 6) is -2.96. The van der Waals surface area contributed by atoms with Crippen LogP contribution in [0.15, 0.2) is 0 Å². The summed E-state index contributed by atoms with van der Waals surface area (Å²) in [5, 5.41) is 2.37. The lowest BCUT2D eigenvalue weighted by molar-refractivity contribution is -0.0340. The fraction of sp³-hybridized carbons (Fsp3) is 0.900. The van der Waals surface area contributed by atoms with Crippen LogP contribution < -0.4 is 5.32 Å². The number of rotatable bonds is 4. The molecule has 0 spiro atoms. The zero-order valence-corrected chi connectivity index (χ0v) is 10.4. The van der Waals surface area contributed by atoms with Gasteiger partial charge in [-0.25, -0.2) is 13.6 Å². The number of carbonyl (C=O) groups is 1. The number of ether oxygens (including phenoxy) is 1. The van der Waals surface area contributed by atoms with E-state index in [1.54, 1.807) is 20.8 Å². The van der Waals surface area contributed by atoms with Crippen LogP contribution in [0.2, 0.25) is 0 Å². The second kappa shape index (κ2) is 5.43. The summed E-state index contributed by atoms with van der Waals surface area (Å²) in [5.41, 5.74) is -0.677. The molecule has 0 aliphatic carbocycles. The summed E-state index contributed by atoms with van der Waals surface area (Å²) in [7, 11) is 2.72. The minimum Gasteiger partial charge on any atom is -0.444 e. The molecule has 1 amide bonds. The third-order valence-electron chi connectivity index (χ3n) is 1.61. The monoisotopic (exact) mass is 238 g/mol. The molecule has 0 bridgehead atoms. The number of nitrogens with zero attached hydrogens (tertiary/aromatic N) is 1. The second-order valence-electron chi connectivity index (χ2n) is 4.72. The molecule has 4 nitrogen and oxygen atoms in total. The predicted molar refractivity (Wildman–Crippen MR) is 57.7 cm³/mol. The van der Waals surface area contributed by atoms with Crippen LogP contribution in [-0.4, -0.2) is 49.7 Å². The van der Waals surface area contributed by atoms with Gasteiger partial charge < -0.3 is 15.0 Å². The van der Waals surface area contributed by atoms with Gasteiger partial charge >= 0.3 is 6.09 Å². The van der Waals surface area contributed by atoms with E-state index >= 15 is 0 Å². The first-order valence-electron chi connectivity index (χ1n) is 5.04. The van der Waals surface area contributed by atoms with Crippen molar-refractivity contribution in [1.82, 2.24) is 10.2 Å². The average molecular weight is 238 g/mol. The molecule has 0 saturated carbocycles. The molecule has 0 rings (SSSR count). The van der Waals surface area contributed by atoms with Crippen LogP contribution >= 0.6 is 0 Å². The lowest BCUT2D eigenvalue weighted by Crippen LogP contribution is -2.45. The molecule has 0 aromatic carbocycles. The normalized spacial score (nSPS) is 12.4. The van der Waals surface area contributed by atoms with Crippen molar-refractivity contribution in [3.8, 4) is 0 Å². The van der Waals surface area contributed by atoms with Gasteiger partial charge in [0.25, 0.3) is 5.92 Å². The Morgan fingerprint density at radius 3 is 2.25 bits per heavy atom. The second-order valence-corrected chi connectivity index (χ2v) is 4.72. The van der Waals surface area contributed by atoms with Crippen molar-refractivity contribution in [2.45, 2.75) is 32.3 Å². The Morgan fingerprint density at radius 2 is 1.88 bits per heavy atom. The maximum Gasteiger partial charge on any atom is 0.410 e. The Kier molecular flexibility index (Phi) is 5.12. The van der Waals surface area contributed by atoms with Gasteiger partial charge in [0.05, 0.1) is 13.1 Å². The van der Waals surface area contributed by atoms with E-state index in [1.807, 2.05) is 0 Å². The van der Waals surface area contributed by atoms with E-state index in [4.69, 9.17) is 4.74 Å². The maximum absolute atomic E-state index is 13.2. The molecule has 0 aliphatic rings. The average Bonchev–Trinajstić information content (AvgIpc) is 1.99. The summed E-state index contributed by atoms with van der Waals surface area (Å²) in [4.78, 5) is 12.3. The molecule has 0 heterocycles. The molecular weight excluding hydrogens is 218 g/mol. The van der Waals surface area contributed by atoms with Gasteiger partial charge in [0.1, 0.15) is 5.60 Å². The molecule has 0 saturated heterocycles. The topological polar surface area (TPSA) is 41.6 Å². The van der Waals surface area contributed by atoms with Gasteiger partial charge in [-0.1, -0.05) is 0 Å². The van der Waals surface area contributed by atoms with Gasteiger partial charge in [-0.05, 0) is 27.8 Å². The van der Waals surface area contributed by atoms with Gasteiger partial charge in [0, 0.05) is 7.05 Å². The van der Waals surface area contributed by atoms with Crippen molar-refractivity contribution in [2.75, 3.05) is 27.2 Å².